The van der Waals surface area contributed by atoms with Gasteiger partial charge in [-0.3, -0.25) is 4.48 Å². The van der Waals surface area contributed by atoms with E-state index in [0.717, 1.165) is 4.48 Å². The Morgan fingerprint density at radius 1 is 0.591 bits per heavy atom. The number of rotatable bonds is 10. The molecule has 22 heavy (non-hydrogen) atoms. The molecule has 0 radical (unpaired) electrons. The van der Waals surface area contributed by atoms with Crippen molar-refractivity contribution < 1.29 is 0 Å². The molecular formula is C21H40N+. The van der Waals surface area contributed by atoms with Crippen LogP contribution in [0.4, 0.5) is 5.69 Å². The summed E-state index contributed by atoms with van der Waals surface area (Å²) in [6.07, 6.45) is 14.4. The second-order valence-corrected chi connectivity index (χ2v) is 7.18. The van der Waals surface area contributed by atoms with Crippen LogP contribution in [0.25, 0.3) is 0 Å². The fourth-order valence-electron chi connectivity index (χ4n) is 2.44. The third-order valence-corrected chi connectivity index (χ3v) is 3.99. The van der Waals surface area contributed by atoms with Gasteiger partial charge in [-0.25, -0.2) is 0 Å². The first kappa shape index (κ1) is 21.2. The maximum absolute atomic E-state index is 2.28. The quantitative estimate of drug-likeness (QED) is 0.329. The summed E-state index contributed by atoms with van der Waals surface area (Å²) in [5.41, 5.74) is 1.34. The van der Waals surface area contributed by atoms with Crippen molar-refractivity contribution >= 4 is 5.69 Å². The highest BCUT2D eigenvalue weighted by Gasteiger charge is 2.08. The smallest absolute Gasteiger partial charge is 0.132 e. The summed E-state index contributed by atoms with van der Waals surface area (Å²) in [6.45, 7) is 4.56. The van der Waals surface area contributed by atoms with Crippen LogP contribution in [-0.4, -0.2) is 21.1 Å². The highest BCUT2D eigenvalue weighted by atomic mass is 15.3. The van der Waals surface area contributed by atoms with E-state index in [1.807, 2.05) is 6.07 Å². The molecule has 0 atom stereocenters. The first-order chi connectivity index (χ1) is 10.5. The molecule has 0 amide bonds. The van der Waals surface area contributed by atoms with Crippen LogP contribution in [0.2, 0.25) is 0 Å². The predicted molar refractivity (Wildman–Crippen MR) is 104 cm³/mol. The molecule has 1 aromatic rings. The minimum Gasteiger partial charge on any atom is -0.298 e. The largest absolute Gasteiger partial charge is 0.298 e. The molecule has 0 heterocycles. The van der Waals surface area contributed by atoms with Gasteiger partial charge in [0.05, 0.1) is 21.1 Å². The zero-order valence-electron chi connectivity index (χ0n) is 15.9. The first-order valence-electron chi connectivity index (χ1n) is 9.39. The summed E-state index contributed by atoms with van der Waals surface area (Å²) in [7, 11) is 6.49. The summed E-state index contributed by atoms with van der Waals surface area (Å²) in [5, 5.41) is 0. The highest BCUT2D eigenvalue weighted by molar-refractivity contribution is 5.40. The van der Waals surface area contributed by atoms with Crippen LogP contribution in [0.1, 0.15) is 78.1 Å². The SMILES string of the molecule is CCCCCCCCCCCC.C[N+](C)(C)c1ccccc1. The van der Waals surface area contributed by atoms with Crippen molar-refractivity contribution in [1.29, 1.82) is 0 Å². The van der Waals surface area contributed by atoms with Crippen LogP contribution in [0.15, 0.2) is 30.3 Å². The van der Waals surface area contributed by atoms with E-state index < -0.39 is 0 Å². The van der Waals surface area contributed by atoms with Gasteiger partial charge in [-0.2, -0.15) is 0 Å². The van der Waals surface area contributed by atoms with Crippen LogP contribution in [-0.2, 0) is 0 Å². The van der Waals surface area contributed by atoms with Gasteiger partial charge >= 0.3 is 0 Å². The minimum absolute atomic E-state index is 0.890. The Morgan fingerprint density at radius 3 is 1.23 bits per heavy atom. The van der Waals surface area contributed by atoms with E-state index in [2.05, 4.69) is 59.3 Å². The second-order valence-electron chi connectivity index (χ2n) is 7.18. The summed E-state index contributed by atoms with van der Waals surface area (Å²) in [5.74, 6) is 0. The van der Waals surface area contributed by atoms with Gasteiger partial charge in [0.15, 0.2) is 0 Å². The van der Waals surface area contributed by atoms with Crippen LogP contribution in [0.5, 0.6) is 0 Å². The molecular weight excluding hydrogens is 266 g/mol. The lowest BCUT2D eigenvalue weighted by Crippen LogP contribution is -2.34. The van der Waals surface area contributed by atoms with E-state index in [9.17, 15) is 0 Å². The Morgan fingerprint density at radius 2 is 0.955 bits per heavy atom. The Kier molecular flexibility index (Phi) is 13.3. The molecule has 128 valence electrons. The number of hydrogen-bond acceptors (Lipinski definition) is 0. The molecule has 0 aliphatic rings. The number of benzene rings is 1. The predicted octanol–water partition coefficient (Wildman–Crippen LogP) is 6.81. The molecule has 0 aliphatic heterocycles. The standard InChI is InChI=1S/C12H26.C9H14N/c1-3-5-7-9-11-12-10-8-6-4-2;1-10(2,3)9-7-5-4-6-8-9/h3-12H2,1-2H3;4-8H,1-3H3/q;+1. The lowest BCUT2D eigenvalue weighted by Gasteiger charge is -2.22. The molecule has 0 bridgehead atoms. The van der Waals surface area contributed by atoms with E-state index >= 15 is 0 Å². The van der Waals surface area contributed by atoms with Crippen molar-refractivity contribution in [3.05, 3.63) is 30.3 Å². The lowest BCUT2D eigenvalue weighted by molar-refractivity contribution is 0.486. The number of unbranched alkanes of at least 4 members (excludes halogenated alkanes) is 9. The normalized spacial score (nSPS) is 11.0. The van der Waals surface area contributed by atoms with Crippen molar-refractivity contribution in [2.45, 2.75) is 78.1 Å². The van der Waals surface area contributed by atoms with Gasteiger partial charge in [-0.05, 0) is 12.1 Å². The van der Waals surface area contributed by atoms with Crippen LogP contribution in [0.3, 0.4) is 0 Å². The van der Waals surface area contributed by atoms with Gasteiger partial charge in [-0.1, -0.05) is 96.3 Å². The average Bonchev–Trinajstić information content (AvgIpc) is 2.51. The van der Waals surface area contributed by atoms with Crippen molar-refractivity contribution in [2.75, 3.05) is 21.1 Å². The van der Waals surface area contributed by atoms with Gasteiger partial charge in [0.25, 0.3) is 0 Å². The van der Waals surface area contributed by atoms with E-state index in [1.165, 1.54) is 69.9 Å². The molecule has 1 heteroatoms. The Hall–Kier alpha value is -0.820. The van der Waals surface area contributed by atoms with Crippen molar-refractivity contribution in [2.24, 2.45) is 0 Å². The fourth-order valence-corrected chi connectivity index (χ4v) is 2.44. The maximum Gasteiger partial charge on any atom is 0.132 e. The first-order valence-corrected chi connectivity index (χ1v) is 9.39. The van der Waals surface area contributed by atoms with Gasteiger partial charge in [-0.15, -0.1) is 0 Å². The Balaban J connectivity index is 0.000000406. The Bertz CT molecular complexity index is 314. The third kappa shape index (κ3) is 12.9. The molecule has 0 aliphatic carbocycles. The van der Waals surface area contributed by atoms with E-state index in [0.29, 0.717) is 0 Å². The molecule has 0 spiro atoms. The molecule has 0 saturated carbocycles. The number of para-hydroxylation sites is 1. The molecule has 1 aromatic carbocycles. The zero-order chi connectivity index (χ0) is 16.7. The lowest BCUT2D eigenvalue weighted by atomic mass is 10.1. The maximum atomic E-state index is 2.28. The van der Waals surface area contributed by atoms with Crippen molar-refractivity contribution in [3.63, 3.8) is 0 Å². The summed E-state index contributed by atoms with van der Waals surface area (Å²) < 4.78 is 0.890. The fraction of sp³-hybridized carbons (Fsp3) is 0.714. The Labute approximate surface area is 140 Å². The molecule has 1 rings (SSSR count). The molecule has 0 fully saturated rings. The molecule has 1 nitrogen and oxygen atoms in total. The van der Waals surface area contributed by atoms with Gasteiger partial charge in [0, 0.05) is 0 Å². The average molecular weight is 307 g/mol. The third-order valence-electron chi connectivity index (χ3n) is 3.99. The van der Waals surface area contributed by atoms with Crippen molar-refractivity contribution in [1.82, 2.24) is 4.48 Å². The van der Waals surface area contributed by atoms with E-state index in [1.54, 1.807) is 0 Å². The highest BCUT2D eigenvalue weighted by Crippen LogP contribution is 2.14. The molecule has 0 N–H and O–H groups in total. The van der Waals surface area contributed by atoms with E-state index in [4.69, 9.17) is 0 Å². The molecule has 0 aromatic heterocycles. The van der Waals surface area contributed by atoms with Gasteiger partial charge in [0.1, 0.15) is 5.69 Å². The number of hydrogen-bond donors (Lipinski definition) is 0. The number of nitrogens with zero attached hydrogens (tertiary/aromatic N) is 1. The van der Waals surface area contributed by atoms with Crippen LogP contribution < -0.4 is 4.48 Å². The number of quaternary nitrogens is 1. The van der Waals surface area contributed by atoms with Gasteiger partial charge in [0.2, 0.25) is 0 Å². The minimum atomic E-state index is 0.890. The molecule has 0 saturated heterocycles. The molecule has 0 unspecified atom stereocenters. The van der Waals surface area contributed by atoms with Crippen LogP contribution >= 0.6 is 0 Å². The topological polar surface area (TPSA) is 0 Å². The van der Waals surface area contributed by atoms with E-state index in [-0.39, 0.29) is 0 Å². The summed E-state index contributed by atoms with van der Waals surface area (Å²) in [6, 6.07) is 10.5. The summed E-state index contributed by atoms with van der Waals surface area (Å²) >= 11 is 0. The van der Waals surface area contributed by atoms with Gasteiger partial charge < -0.3 is 0 Å². The van der Waals surface area contributed by atoms with Crippen LogP contribution in [0, 0.1) is 0 Å². The zero-order valence-corrected chi connectivity index (χ0v) is 15.9. The second kappa shape index (κ2) is 13.8. The monoisotopic (exact) mass is 306 g/mol. The van der Waals surface area contributed by atoms with Crippen molar-refractivity contribution in [3.8, 4) is 0 Å². The summed E-state index contributed by atoms with van der Waals surface area (Å²) in [4.78, 5) is 0.